The molecule has 0 atom stereocenters. The maximum Gasteiger partial charge on any atom is 0.446 e. The molecule has 0 unspecified atom stereocenters. The van der Waals surface area contributed by atoms with Gasteiger partial charge >= 0.3 is 11.5 Å². The van der Waals surface area contributed by atoms with Crippen molar-refractivity contribution in [3.63, 3.8) is 0 Å². The van der Waals surface area contributed by atoms with Crippen molar-refractivity contribution in [3.05, 3.63) is 28.8 Å². The van der Waals surface area contributed by atoms with E-state index in [1.165, 1.54) is 13.0 Å². The first kappa shape index (κ1) is 18.2. The summed E-state index contributed by atoms with van der Waals surface area (Å²) in [4.78, 5) is 10.7. The molecule has 0 bridgehead atoms. The summed E-state index contributed by atoms with van der Waals surface area (Å²) in [5.74, 6) is -0.754. The summed E-state index contributed by atoms with van der Waals surface area (Å²) < 4.78 is 67.9. The summed E-state index contributed by atoms with van der Waals surface area (Å²) in [5.41, 5.74) is -6.39. The van der Waals surface area contributed by atoms with Gasteiger partial charge in [-0.1, -0.05) is 0 Å². The first-order valence-corrected chi connectivity index (χ1v) is 6.76. The Labute approximate surface area is 127 Å². The van der Waals surface area contributed by atoms with Crippen LogP contribution in [0.15, 0.2) is 17.0 Å². The second-order valence-corrected chi connectivity index (χ2v) is 5.11. The van der Waals surface area contributed by atoms with Crippen molar-refractivity contribution in [2.45, 2.75) is 30.2 Å². The van der Waals surface area contributed by atoms with Gasteiger partial charge in [0.1, 0.15) is 6.07 Å². The normalized spacial score (nSPS) is 11.4. The van der Waals surface area contributed by atoms with Crippen molar-refractivity contribution >= 4 is 17.7 Å². The van der Waals surface area contributed by atoms with Crippen molar-refractivity contribution in [3.8, 4) is 6.07 Å². The Kier molecular flexibility index (Phi) is 6.17. The van der Waals surface area contributed by atoms with Crippen LogP contribution in [0, 0.1) is 11.3 Å². The van der Waals surface area contributed by atoms with E-state index in [-0.39, 0.29) is 12.2 Å². The van der Waals surface area contributed by atoms with Crippen LogP contribution in [0.1, 0.15) is 30.0 Å². The van der Waals surface area contributed by atoms with Crippen LogP contribution < -0.4 is 0 Å². The van der Waals surface area contributed by atoms with E-state index in [0.29, 0.717) is 0 Å². The lowest BCUT2D eigenvalue weighted by Crippen LogP contribution is -2.09. The zero-order valence-electron chi connectivity index (χ0n) is 11.2. The van der Waals surface area contributed by atoms with Gasteiger partial charge in [-0.3, -0.25) is 4.79 Å². The second kappa shape index (κ2) is 7.45. The number of rotatable bonds is 5. The number of carbonyl (C=O) groups is 1. The number of esters is 1. The Hall–Kier alpha value is -1.82. The quantitative estimate of drug-likeness (QED) is 0.458. The lowest BCUT2D eigenvalue weighted by atomic mass is 10.0. The maximum atomic E-state index is 12.9. The summed E-state index contributed by atoms with van der Waals surface area (Å²) >= 11 is -0.670. The van der Waals surface area contributed by atoms with Gasteiger partial charge in [0.05, 0.1) is 18.6 Å². The Bertz CT molecular complexity index is 595. The highest BCUT2D eigenvalue weighted by molar-refractivity contribution is 8.00. The summed E-state index contributed by atoms with van der Waals surface area (Å²) in [5, 5.41) is 8.85. The number of halogens is 5. The molecule has 0 aliphatic heterocycles. The van der Waals surface area contributed by atoms with Crippen LogP contribution in [0.25, 0.3) is 0 Å². The topological polar surface area (TPSA) is 50.1 Å². The van der Waals surface area contributed by atoms with Gasteiger partial charge in [-0.2, -0.15) is 18.4 Å². The fourth-order valence-corrected chi connectivity index (χ4v) is 2.40. The minimum Gasteiger partial charge on any atom is -0.466 e. The molecule has 0 amide bonds. The standard InChI is InChI=1S/C13H10F5NO2S/c1-2-21-11(20)5-7-3-8(12(14)15)9(6-19)10(4-7)22-13(16,17)18/h3-4,12H,2,5H2,1H3. The van der Waals surface area contributed by atoms with Gasteiger partial charge < -0.3 is 4.74 Å². The number of alkyl halides is 5. The number of nitriles is 1. The highest BCUT2D eigenvalue weighted by atomic mass is 32.2. The number of ether oxygens (including phenoxy) is 1. The van der Waals surface area contributed by atoms with E-state index in [1.807, 2.05) is 0 Å². The van der Waals surface area contributed by atoms with Gasteiger partial charge in [-0.05, 0) is 36.4 Å². The third-order valence-electron chi connectivity index (χ3n) is 2.42. The van der Waals surface area contributed by atoms with E-state index in [1.54, 1.807) is 0 Å². The molecular weight excluding hydrogens is 329 g/mol. The van der Waals surface area contributed by atoms with Gasteiger partial charge in [-0.25, -0.2) is 8.78 Å². The second-order valence-electron chi connectivity index (χ2n) is 4.00. The zero-order valence-corrected chi connectivity index (χ0v) is 12.0. The van der Waals surface area contributed by atoms with Crippen molar-refractivity contribution in [1.82, 2.24) is 0 Å². The molecule has 0 saturated carbocycles. The Morgan fingerprint density at radius 3 is 2.50 bits per heavy atom. The molecule has 22 heavy (non-hydrogen) atoms. The molecule has 0 saturated heterocycles. The number of hydrogen-bond acceptors (Lipinski definition) is 4. The number of carbonyl (C=O) groups excluding carboxylic acids is 1. The molecule has 120 valence electrons. The average Bonchev–Trinajstić information content (AvgIpc) is 2.36. The van der Waals surface area contributed by atoms with Crippen molar-refractivity contribution < 1.29 is 31.5 Å². The molecular formula is C13H10F5NO2S. The molecule has 0 fully saturated rings. The van der Waals surface area contributed by atoms with Crippen LogP contribution in [-0.4, -0.2) is 18.1 Å². The van der Waals surface area contributed by atoms with Crippen molar-refractivity contribution in [2.24, 2.45) is 0 Å². The van der Waals surface area contributed by atoms with Gasteiger partial charge in [-0.15, -0.1) is 0 Å². The van der Waals surface area contributed by atoms with Crippen LogP contribution in [0.4, 0.5) is 22.0 Å². The Morgan fingerprint density at radius 2 is 2.05 bits per heavy atom. The predicted octanol–water partition coefficient (Wildman–Crippen LogP) is 4.21. The summed E-state index contributed by atoms with van der Waals surface area (Å²) in [7, 11) is 0. The smallest absolute Gasteiger partial charge is 0.446 e. The van der Waals surface area contributed by atoms with E-state index in [4.69, 9.17) is 5.26 Å². The van der Waals surface area contributed by atoms with Gasteiger partial charge in [0, 0.05) is 10.5 Å². The fourth-order valence-electron chi connectivity index (χ4n) is 1.67. The molecule has 0 aliphatic rings. The molecule has 1 rings (SSSR count). The summed E-state index contributed by atoms with van der Waals surface area (Å²) in [6, 6.07) is 3.11. The number of hydrogen-bond donors (Lipinski definition) is 0. The predicted molar refractivity (Wildman–Crippen MR) is 68.4 cm³/mol. The van der Waals surface area contributed by atoms with Gasteiger partial charge in [0.25, 0.3) is 6.43 Å². The van der Waals surface area contributed by atoms with E-state index in [2.05, 4.69) is 4.74 Å². The molecule has 0 heterocycles. The third kappa shape index (κ3) is 5.18. The molecule has 0 radical (unpaired) electrons. The zero-order chi connectivity index (χ0) is 16.9. The summed E-state index contributed by atoms with van der Waals surface area (Å²) in [6.45, 7) is 1.59. The third-order valence-corrected chi connectivity index (χ3v) is 3.19. The SMILES string of the molecule is CCOC(=O)Cc1cc(SC(F)(F)F)c(C#N)c(C(F)F)c1. The monoisotopic (exact) mass is 339 g/mol. The van der Waals surface area contributed by atoms with E-state index in [0.717, 1.165) is 12.1 Å². The molecule has 3 nitrogen and oxygen atoms in total. The van der Waals surface area contributed by atoms with Crippen LogP contribution in [0.5, 0.6) is 0 Å². The Balaban J connectivity index is 3.31. The van der Waals surface area contributed by atoms with Crippen molar-refractivity contribution in [1.29, 1.82) is 5.26 Å². The molecule has 1 aromatic rings. The minimum atomic E-state index is -4.74. The van der Waals surface area contributed by atoms with Gasteiger partial charge in [0.15, 0.2) is 0 Å². The highest BCUT2D eigenvalue weighted by Crippen LogP contribution is 2.41. The van der Waals surface area contributed by atoms with Gasteiger partial charge in [0.2, 0.25) is 0 Å². The maximum absolute atomic E-state index is 12.9. The molecule has 0 N–H and O–H groups in total. The molecule has 0 aromatic heterocycles. The fraction of sp³-hybridized carbons (Fsp3) is 0.385. The van der Waals surface area contributed by atoms with Crippen LogP contribution in [0.2, 0.25) is 0 Å². The van der Waals surface area contributed by atoms with Crippen molar-refractivity contribution in [2.75, 3.05) is 6.61 Å². The molecule has 1 aromatic carbocycles. The first-order chi connectivity index (χ1) is 10.2. The van der Waals surface area contributed by atoms with Crippen LogP contribution >= 0.6 is 11.8 Å². The van der Waals surface area contributed by atoms with E-state index < -0.39 is 52.1 Å². The summed E-state index contributed by atoms with van der Waals surface area (Å²) in [6.07, 6.45) is -3.59. The largest absolute Gasteiger partial charge is 0.466 e. The van der Waals surface area contributed by atoms with E-state index in [9.17, 15) is 26.7 Å². The molecule has 0 aliphatic carbocycles. The van der Waals surface area contributed by atoms with E-state index >= 15 is 0 Å². The number of benzene rings is 1. The number of nitrogens with zero attached hydrogens (tertiary/aromatic N) is 1. The lowest BCUT2D eigenvalue weighted by molar-refractivity contribution is -0.142. The number of thioether (sulfide) groups is 1. The molecule has 0 spiro atoms. The highest BCUT2D eigenvalue weighted by Gasteiger charge is 2.32. The molecule has 9 heteroatoms. The van der Waals surface area contributed by atoms with Crippen LogP contribution in [0.3, 0.4) is 0 Å². The first-order valence-electron chi connectivity index (χ1n) is 5.94. The minimum absolute atomic E-state index is 0.0565. The lowest BCUT2D eigenvalue weighted by Gasteiger charge is -2.13. The van der Waals surface area contributed by atoms with Crippen LogP contribution in [-0.2, 0) is 16.0 Å². The average molecular weight is 339 g/mol. The Morgan fingerprint density at radius 1 is 1.41 bits per heavy atom.